The minimum absolute atomic E-state index is 0.0688. The summed E-state index contributed by atoms with van der Waals surface area (Å²) >= 11 is 0. The maximum absolute atomic E-state index is 14.4. The summed E-state index contributed by atoms with van der Waals surface area (Å²) in [4.78, 5) is 12.6. The van der Waals surface area contributed by atoms with Crippen molar-refractivity contribution in [2.24, 2.45) is 0 Å². The van der Waals surface area contributed by atoms with Crippen molar-refractivity contribution in [3.8, 4) is 0 Å². The average Bonchev–Trinajstić information content (AvgIpc) is 3.50. The number of nitrogens with one attached hydrogen (secondary N) is 2. The summed E-state index contributed by atoms with van der Waals surface area (Å²) in [6.07, 6.45) is -14.0. The molecule has 0 bridgehead atoms. The molecule has 0 radical (unpaired) electrons. The van der Waals surface area contributed by atoms with Gasteiger partial charge in [0.2, 0.25) is 11.9 Å². The number of aromatic nitrogens is 4. The Bertz CT molecular complexity index is 1450. The predicted octanol–water partition coefficient (Wildman–Crippen LogP) is 3.66. The van der Waals surface area contributed by atoms with Crippen LogP contribution in [-0.4, -0.2) is 50.0 Å². The van der Waals surface area contributed by atoms with Crippen molar-refractivity contribution in [3.63, 3.8) is 0 Å². The monoisotopic (exact) mass is 456 g/mol. The van der Waals surface area contributed by atoms with Gasteiger partial charge in [-0.3, -0.25) is 4.57 Å². The van der Waals surface area contributed by atoms with E-state index in [0.29, 0.717) is 25.2 Å². The van der Waals surface area contributed by atoms with E-state index >= 15 is 0 Å². The molecule has 2 fully saturated rings. The normalized spacial score (nSPS) is 36.6. The molecule has 3 heterocycles. The van der Waals surface area contributed by atoms with Crippen LogP contribution in [-0.2, 0) is 4.74 Å². The number of fused-ring (bicyclic) bond motifs is 1. The van der Waals surface area contributed by atoms with Crippen LogP contribution in [0.3, 0.4) is 0 Å². The van der Waals surface area contributed by atoms with Crippen LogP contribution in [0.2, 0.25) is 0 Å². The molecule has 5 rings (SSSR count). The number of rotatable bonds is 5. The maximum atomic E-state index is 14.4. The molecule has 4 unspecified atom stereocenters. The zero-order chi connectivity index (χ0) is 29.4. The highest BCUT2D eigenvalue weighted by Gasteiger charge is 2.27. The average molecular weight is 456 g/mol. The first-order valence-corrected chi connectivity index (χ1v) is 9.66. The summed E-state index contributed by atoms with van der Waals surface area (Å²) in [5.41, 5.74) is -0.495. The van der Waals surface area contributed by atoms with Crippen LogP contribution in [0.15, 0.2) is 18.3 Å². The second-order valence-electron chi connectivity index (χ2n) is 7.15. The van der Waals surface area contributed by atoms with E-state index in [9.17, 15) is 18.3 Å². The lowest BCUT2D eigenvalue weighted by Gasteiger charge is -2.26. The van der Waals surface area contributed by atoms with Crippen molar-refractivity contribution in [2.75, 3.05) is 23.8 Å². The standard InChI is InChI=1S/C21H23F3N6O2/c22-11-7-15(23)18(16(24)8-11)28-21-27-17-9-25-20(26-12-1-3-14(31)4-2-12)29-19(17)30(21)13-5-6-32-10-13/h7-9,12-14,31H,1-6,10H2,(H,27,28)(H,25,26,29)/i1D,2D2,3D2,4D2,14D. The lowest BCUT2D eigenvalue weighted by atomic mass is 9.93. The highest BCUT2D eigenvalue weighted by atomic mass is 19.1. The van der Waals surface area contributed by atoms with Crippen LogP contribution in [0.25, 0.3) is 11.2 Å². The molecule has 2 aromatic heterocycles. The van der Waals surface area contributed by atoms with E-state index in [1.54, 1.807) is 0 Å². The van der Waals surface area contributed by atoms with Crippen molar-refractivity contribution in [2.45, 2.75) is 50.1 Å². The van der Waals surface area contributed by atoms with Gasteiger partial charge in [-0.1, -0.05) is 0 Å². The molecular formula is C21H23F3N6O2. The van der Waals surface area contributed by atoms with Gasteiger partial charge in [0.15, 0.2) is 17.3 Å². The van der Waals surface area contributed by atoms with E-state index < -0.39 is 66.8 Å². The molecule has 3 N–H and O–H groups in total. The van der Waals surface area contributed by atoms with Gasteiger partial charge in [-0.05, 0) is 31.9 Å². The zero-order valence-corrected chi connectivity index (χ0v) is 16.4. The molecule has 8 nitrogen and oxygen atoms in total. The van der Waals surface area contributed by atoms with E-state index in [0.717, 1.165) is 0 Å². The minimum Gasteiger partial charge on any atom is -0.393 e. The van der Waals surface area contributed by atoms with Gasteiger partial charge >= 0.3 is 0 Å². The minimum atomic E-state index is -3.59. The van der Waals surface area contributed by atoms with Gasteiger partial charge in [0.05, 0.1) is 26.3 Å². The molecule has 4 atom stereocenters. The number of hydrogen-bond donors (Lipinski definition) is 3. The molecule has 32 heavy (non-hydrogen) atoms. The Balaban J connectivity index is 1.57. The molecule has 1 aromatic carbocycles. The van der Waals surface area contributed by atoms with Crippen molar-refractivity contribution in [1.82, 2.24) is 19.5 Å². The predicted molar refractivity (Wildman–Crippen MR) is 111 cm³/mol. The first-order chi connectivity index (χ1) is 18.5. The number of hydrogen-bond acceptors (Lipinski definition) is 7. The fraction of sp³-hybridized carbons (Fsp3) is 0.476. The quantitative estimate of drug-likeness (QED) is 0.539. The first-order valence-electron chi connectivity index (χ1n) is 13.7. The Kier molecular flexibility index (Phi) is 3.63. The van der Waals surface area contributed by atoms with Gasteiger partial charge in [-0.15, -0.1) is 0 Å². The summed E-state index contributed by atoms with van der Waals surface area (Å²) in [7, 11) is 0. The summed E-state index contributed by atoms with van der Waals surface area (Å²) in [6, 6.07) is -1.42. The second-order valence-corrected chi connectivity index (χ2v) is 7.15. The van der Waals surface area contributed by atoms with E-state index in [1.807, 2.05) is 0 Å². The van der Waals surface area contributed by atoms with E-state index in [4.69, 9.17) is 15.7 Å². The SMILES string of the molecule is [2H]C1C(Nc2ncc3nc(Nc4c(F)cc(F)cc4F)n(C4CCOC4)c3n2)C([2H])([2H])C([2H])([2H])C([2H])(O)C1([2H])[2H]. The van der Waals surface area contributed by atoms with Crippen LogP contribution in [0.4, 0.5) is 30.8 Å². The summed E-state index contributed by atoms with van der Waals surface area (Å²) in [5, 5.41) is 15.2. The maximum Gasteiger partial charge on any atom is 0.224 e. The lowest BCUT2D eigenvalue weighted by Crippen LogP contribution is -2.29. The van der Waals surface area contributed by atoms with Crippen LogP contribution in [0.1, 0.15) is 48.9 Å². The molecular weight excluding hydrogens is 425 g/mol. The summed E-state index contributed by atoms with van der Waals surface area (Å²) in [5.74, 6) is -4.02. The van der Waals surface area contributed by atoms with Crippen molar-refractivity contribution < 1.29 is 34.0 Å². The molecule has 11 heteroatoms. The zero-order valence-electron chi connectivity index (χ0n) is 24.4. The number of nitrogens with zero attached hydrogens (tertiary/aromatic N) is 4. The number of aliphatic hydroxyl groups is 1. The number of imidazole rings is 1. The molecule has 0 amide bonds. The van der Waals surface area contributed by atoms with Gasteiger partial charge in [-0.25, -0.2) is 23.1 Å². The van der Waals surface area contributed by atoms with Crippen LogP contribution >= 0.6 is 0 Å². The summed E-state index contributed by atoms with van der Waals surface area (Å²) in [6.45, 7) is 0.520. The molecule has 170 valence electrons. The van der Waals surface area contributed by atoms with Gasteiger partial charge in [0, 0.05) is 34.4 Å². The number of benzene rings is 1. The van der Waals surface area contributed by atoms with Crippen molar-refractivity contribution in [1.29, 1.82) is 0 Å². The van der Waals surface area contributed by atoms with Crippen LogP contribution in [0, 0.1) is 17.5 Å². The topological polar surface area (TPSA) is 97.1 Å². The van der Waals surface area contributed by atoms with Crippen LogP contribution < -0.4 is 10.6 Å². The molecule has 3 aromatic rings. The Labute approximate surface area is 193 Å². The van der Waals surface area contributed by atoms with Gasteiger partial charge in [-0.2, -0.15) is 4.98 Å². The fourth-order valence-corrected chi connectivity index (χ4v) is 3.50. The lowest BCUT2D eigenvalue weighted by molar-refractivity contribution is 0.126. The third-order valence-electron chi connectivity index (χ3n) is 4.96. The third kappa shape index (κ3) is 4.09. The molecule has 1 saturated heterocycles. The van der Waals surface area contributed by atoms with Gasteiger partial charge < -0.3 is 20.5 Å². The number of anilines is 3. The summed E-state index contributed by atoms with van der Waals surface area (Å²) < 4.78 is 114. The fourth-order valence-electron chi connectivity index (χ4n) is 3.50. The Hall–Kier alpha value is -2.92. The van der Waals surface area contributed by atoms with Crippen molar-refractivity contribution in [3.05, 3.63) is 35.8 Å². The highest BCUT2D eigenvalue weighted by Crippen LogP contribution is 2.32. The molecule has 0 spiro atoms. The first kappa shape index (κ1) is 13.6. The van der Waals surface area contributed by atoms with Crippen molar-refractivity contribution >= 4 is 28.7 Å². The molecule has 2 aliphatic rings. The van der Waals surface area contributed by atoms with Gasteiger partial charge in [0.25, 0.3) is 0 Å². The third-order valence-corrected chi connectivity index (χ3v) is 4.96. The largest absolute Gasteiger partial charge is 0.393 e. The number of halogens is 3. The molecule has 1 saturated carbocycles. The van der Waals surface area contributed by atoms with E-state index in [2.05, 4.69) is 25.6 Å². The smallest absolute Gasteiger partial charge is 0.224 e. The Morgan fingerprint density at radius 3 is 2.75 bits per heavy atom. The second kappa shape index (κ2) is 8.55. The molecule has 1 aliphatic heterocycles. The number of ether oxygens (including phenoxy) is 1. The van der Waals surface area contributed by atoms with Crippen LogP contribution in [0.5, 0.6) is 0 Å². The van der Waals surface area contributed by atoms with E-state index in [1.165, 1.54) is 10.8 Å². The Morgan fingerprint density at radius 1 is 1.19 bits per heavy atom. The van der Waals surface area contributed by atoms with E-state index in [-0.39, 0.29) is 29.7 Å². The Morgan fingerprint density at radius 2 is 2.00 bits per heavy atom. The van der Waals surface area contributed by atoms with Gasteiger partial charge in [0.1, 0.15) is 17.0 Å². The molecule has 1 aliphatic carbocycles. The highest BCUT2D eigenvalue weighted by molar-refractivity contribution is 5.76.